The molecule has 0 fully saturated rings. The fourth-order valence-electron chi connectivity index (χ4n) is 3.13. The number of rotatable bonds is 11. The number of aryl methyl sites for hydroxylation is 3. The minimum absolute atomic E-state index is 0. The number of hydrogen-bond donors (Lipinski definition) is 4. The van der Waals surface area contributed by atoms with E-state index in [9.17, 15) is 19.2 Å². The van der Waals surface area contributed by atoms with Crippen LogP contribution in [0.25, 0.3) is 10.2 Å². The van der Waals surface area contributed by atoms with Crippen molar-refractivity contribution in [2.45, 2.75) is 48.5 Å². The Balaban J connectivity index is 0.000000680. The van der Waals surface area contributed by atoms with Crippen LogP contribution in [0.4, 0.5) is 10.0 Å². The van der Waals surface area contributed by atoms with Gasteiger partial charge in [-0.1, -0.05) is 0 Å². The van der Waals surface area contributed by atoms with E-state index in [1.165, 1.54) is 42.6 Å². The first-order chi connectivity index (χ1) is 23.3. The van der Waals surface area contributed by atoms with E-state index in [1.54, 1.807) is 39.8 Å². The number of aromatic nitrogens is 4. The Bertz CT molecular complexity index is 1730. The fraction of sp³-hybridized carbons (Fsp3) is 0.367. The molecule has 276 valence electrons. The number of hydrogen-bond acceptors (Lipinski definition) is 17. The number of nitrogens with one attached hydrogen (secondary N) is 2. The molecule has 0 aliphatic heterocycles. The van der Waals surface area contributed by atoms with E-state index < -0.39 is 23.3 Å². The molecule has 20 heteroatoms. The number of aromatic amines is 1. The lowest BCUT2D eigenvalue weighted by Crippen LogP contribution is -2.19. The van der Waals surface area contributed by atoms with Crippen molar-refractivity contribution < 1.29 is 43.5 Å². The van der Waals surface area contributed by atoms with Gasteiger partial charge in [0.25, 0.3) is 0 Å². The number of carbonyl (C=O) groups excluding carboxylic acids is 2. The topological polar surface area (TPSA) is 227 Å². The van der Waals surface area contributed by atoms with Gasteiger partial charge in [0.05, 0.1) is 49.4 Å². The summed E-state index contributed by atoms with van der Waals surface area (Å²) in [6.45, 7) is 13.3. The molecular weight excluding hydrogens is 736 g/mol. The Hall–Kier alpha value is -4.56. The third-order valence-corrected chi connectivity index (χ3v) is 7.62. The van der Waals surface area contributed by atoms with Crippen molar-refractivity contribution in [2.24, 2.45) is 0 Å². The van der Waals surface area contributed by atoms with Crippen LogP contribution in [0.2, 0.25) is 0 Å². The number of ether oxygens (including phenoxy) is 3. The van der Waals surface area contributed by atoms with Gasteiger partial charge in [0.15, 0.2) is 5.57 Å². The lowest BCUT2D eigenvalue weighted by atomic mass is 10.2. The van der Waals surface area contributed by atoms with E-state index in [4.69, 9.17) is 25.1 Å². The van der Waals surface area contributed by atoms with Crippen LogP contribution in [-0.4, -0.2) is 68.0 Å². The summed E-state index contributed by atoms with van der Waals surface area (Å²) in [5.41, 5.74) is 6.86. The number of carboxylic acid groups (broad SMARTS) is 1. The number of nitrogens with zero attached hydrogens (tertiary/aromatic N) is 3. The minimum Gasteiger partial charge on any atom is -0.477 e. The molecule has 0 atom stereocenters. The number of H-pyrrole nitrogens is 1. The van der Waals surface area contributed by atoms with Crippen LogP contribution < -0.4 is 16.5 Å². The maximum atomic E-state index is 11.6. The quantitative estimate of drug-likeness (QED) is 0.0269. The number of fused-ring (bicyclic) bond motifs is 1. The summed E-state index contributed by atoms with van der Waals surface area (Å²) in [7, 11) is 1.52. The number of nitrogen functional groups attached to an aromatic ring is 1. The highest BCUT2D eigenvalue weighted by atomic mass is 35.5. The van der Waals surface area contributed by atoms with Crippen LogP contribution in [0.15, 0.2) is 46.9 Å². The van der Waals surface area contributed by atoms with Crippen LogP contribution in [0.1, 0.15) is 55.1 Å². The fourth-order valence-corrected chi connectivity index (χ4v) is 5.04. The molecule has 0 aliphatic carbocycles. The van der Waals surface area contributed by atoms with Crippen molar-refractivity contribution in [1.29, 1.82) is 0 Å². The molecule has 4 rings (SSSR count). The number of carboxylic acids is 1. The average molecular weight is 777 g/mol. The van der Waals surface area contributed by atoms with Crippen LogP contribution >= 0.6 is 47.0 Å². The molecule has 4 aromatic rings. The van der Waals surface area contributed by atoms with Crippen molar-refractivity contribution in [3.05, 3.63) is 75.0 Å². The largest absolute Gasteiger partial charge is 0.477 e. The first-order valence-corrected chi connectivity index (χ1v) is 16.8. The van der Waals surface area contributed by atoms with Gasteiger partial charge in [-0.05, 0) is 101 Å². The second-order valence-electron chi connectivity index (χ2n) is 8.96. The SMILES string of the molecule is C/C=C(\OC)OOCC.CCOC(=O)C(=CNc1cc(C)ns1)C(=O)OCC.Cc1cc(N)sn1.Cc1nsc2[nH]cc(C(=O)O)c(=O)c12.Cl. The van der Waals surface area contributed by atoms with Gasteiger partial charge in [-0.25, -0.2) is 14.4 Å². The molecule has 0 radical (unpaired) electrons. The highest BCUT2D eigenvalue weighted by molar-refractivity contribution is 7.13. The number of carbonyl (C=O) groups is 3. The summed E-state index contributed by atoms with van der Waals surface area (Å²) in [6.07, 6.45) is 4.16. The van der Waals surface area contributed by atoms with Crippen molar-refractivity contribution in [3.63, 3.8) is 0 Å². The molecule has 0 saturated carbocycles. The first-order valence-electron chi connectivity index (χ1n) is 14.5. The number of aromatic carboxylic acids is 1. The summed E-state index contributed by atoms with van der Waals surface area (Å²) in [6, 6.07) is 3.65. The van der Waals surface area contributed by atoms with Gasteiger partial charge in [0.1, 0.15) is 20.4 Å². The summed E-state index contributed by atoms with van der Waals surface area (Å²) in [5.74, 6) is -2.26. The van der Waals surface area contributed by atoms with Crippen molar-refractivity contribution >= 4 is 85.1 Å². The Morgan fingerprint density at radius 1 is 0.960 bits per heavy atom. The van der Waals surface area contributed by atoms with Crippen molar-refractivity contribution in [1.82, 2.24) is 18.1 Å². The zero-order valence-electron chi connectivity index (χ0n) is 28.7. The lowest BCUT2D eigenvalue weighted by molar-refractivity contribution is -0.286. The van der Waals surface area contributed by atoms with Crippen LogP contribution in [0, 0.1) is 20.8 Å². The van der Waals surface area contributed by atoms with Crippen molar-refractivity contribution in [2.75, 3.05) is 38.0 Å². The Morgan fingerprint density at radius 3 is 1.98 bits per heavy atom. The van der Waals surface area contributed by atoms with Crippen LogP contribution in [0.3, 0.4) is 0 Å². The molecule has 0 bridgehead atoms. The second-order valence-corrected chi connectivity index (χ2v) is 11.4. The molecule has 5 N–H and O–H groups in total. The van der Waals surface area contributed by atoms with Crippen LogP contribution in [-0.2, 0) is 33.6 Å². The third-order valence-electron chi connectivity index (χ3n) is 5.23. The zero-order chi connectivity index (χ0) is 36.9. The standard InChI is InChI=1S/C12H16N2O4S.C8H6N2O3S.C6H12O3.C4H6N2S.ClH/c1-4-17-11(15)9(12(16)18-5-2)7-13-10-6-8(3)14-19-10;1-3-5-6(11)4(8(12)13)2-9-7(5)14-10-3;1-4-6(7-3)9-8-5-2;1-3-2-4(5)7-6-3;/h6-7,13H,4-5H2,1-3H3;2H,1H3,(H,9,11)(H,12,13);4H,5H2,1-3H3;2H,5H2,1H3;1H/b;;6-4+;;. The number of methoxy groups -OCH3 is 1. The molecule has 0 spiro atoms. The molecule has 0 aliphatic rings. The molecular formula is C30H41ClN6O10S3. The van der Waals surface area contributed by atoms with E-state index >= 15 is 0 Å². The van der Waals surface area contributed by atoms with E-state index in [0.29, 0.717) is 28.5 Å². The van der Waals surface area contributed by atoms with Crippen molar-refractivity contribution in [3.8, 4) is 0 Å². The average Bonchev–Trinajstić information content (AvgIpc) is 3.78. The number of pyridine rings is 1. The summed E-state index contributed by atoms with van der Waals surface area (Å²) in [4.78, 5) is 58.1. The smallest absolute Gasteiger partial charge is 0.347 e. The number of halogens is 1. The predicted octanol–water partition coefficient (Wildman–Crippen LogP) is 5.78. The van der Waals surface area contributed by atoms with Crippen LogP contribution in [0.5, 0.6) is 0 Å². The Labute approximate surface area is 307 Å². The van der Waals surface area contributed by atoms with Gasteiger partial charge in [0, 0.05) is 12.4 Å². The highest BCUT2D eigenvalue weighted by Gasteiger charge is 2.21. The third kappa shape index (κ3) is 15.8. The number of nitrogens with two attached hydrogens (primary N) is 1. The van der Waals surface area contributed by atoms with Gasteiger partial charge in [-0.3, -0.25) is 9.68 Å². The molecule has 0 amide bonds. The molecule has 0 aromatic carbocycles. The molecule has 0 unspecified atom stereocenters. The summed E-state index contributed by atoms with van der Waals surface area (Å²) in [5, 5.41) is 13.4. The maximum Gasteiger partial charge on any atom is 0.347 e. The monoisotopic (exact) mass is 776 g/mol. The van der Waals surface area contributed by atoms with Gasteiger partial charge in [-0.15, -0.1) is 12.4 Å². The summed E-state index contributed by atoms with van der Waals surface area (Å²) >= 11 is 3.71. The molecule has 50 heavy (non-hydrogen) atoms. The van der Waals surface area contributed by atoms with E-state index in [-0.39, 0.29) is 36.8 Å². The first kappa shape index (κ1) is 45.4. The number of esters is 2. The van der Waals surface area contributed by atoms with E-state index in [2.05, 4.69) is 33.2 Å². The van der Waals surface area contributed by atoms with Gasteiger partial charge >= 0.3 is 23.9 Å². The van der Waals surface area contributed by atoms with Gasteiger partial charge < -0.3 is 35.4 Å². The van der Waals surface area contributed by atoms with E-state index in [0.717, 1.165) is 32.9 Å². The Morgan fingerprint density at radius 2 is 1.56 bits per heavy atom. The molecule has 4 aromatic heterocycles. The molecule has 4 heterocycles. The number of anilines is 2. The lowest BCUT2D eigenvalue weighted by Gasteiger charge is -2.06. The predicted molar refractivity (Wildman–Crippen MR) is 196 cm³/mol. The number of allylic oxidation sites excluding steroid dienone is 1. The van der Waals surface area contributed by atoms with Gasteiger partial charge in [-0.2, -0.15) is 18.0 Å². The molecule has 0 saturated heterocycles. The van der Waals surface area contributed by atoms with E-state index in [1.807, 2.05) is 26.8 Å². The second kappa shape index (κ2) is 24.6. The highest BCUT2D eigenvalue weighted by Crippen LogP contribution is 2.17. The zero-order valence-corrected chi connectivity index (χ0v) is 31.9. The molecule has 16 nitrogen and oxygen atoms in total. The van der Waals surface area contributed by atoms with Gasteiger partial charge in [0.2, 0.25) is 5.43 Å². The normalized spacial score (nSPS) is 9.96. The maximum absolute atomic E-state index is 11.6. The minimum atomic E-state index is -1.22. The summed E-state index contributed by atoms with van der Waals surface area (Å²) < 4.78 is 26.3. The Kier molecular flexibility index (Phi) is 22.3.